The maximum atomic E-state index is 12.7. The molecule has 1 N–H and O–H groups in total. The number of benzene rings is 1. The van der Waals surface area contributed by atoms with Gasteiger partial charge in [-0.05, 0) is 26.3 Å². The lowest BCUT2D eigenvalue weighted by molar-refractivity contribution is -0.137. The van der Waals surface area contributed by atoms with E-state index in [4.69, 9.17) is 0 Å². The number of nitrogens with zero attached hydrogens (tertiary/aromatic N) is 5. The molecule has 0 aliphatic carbocycles. The monoisotopic (exact) mass is 398 g/mol. The van der Waals surface area contributed by atoms with Gasteiger partial charge in [-0.2, -0.15) is 0 Å². The molecule has 0 saturated carbocycles. The molecule has 1 saturated heterocycles. The minimum atomic E-state index is -0.746. The SMILES string of the molecule is CC(c1ccccc1)N(C)C(=O)CN1C(=O)NC(Cc2cn(C(C)C)nn2)C1=O. The molecular formula is C20H26N6O3. The summed E-state index contributed by atoms with van der Waals surface area (Å²) in [5, 5.41) is 10.7. The Labute approximate surface area is 169 Å². The van der Waals surface area contributed by atoms with E-state index >= 15 is 0 Å². The topological polar surface area (TPSA) is 100 Å². The summed E-state index contributed by atoms with van der Waals surface area (Å²) in [4.78, 5) is 40.1. The summed E-state index contributed by atoms with van der Waals surface area (Å²) >= 11 is 0. The Morgan fingerprint density at radius 3 is 2.52 bits per heavy atom. The molecule has 1 aromatic carbocycles. The van der Waals surface area contributed by atoms with Crippen molar-refractivity contribution in [3.8, 4) is 0 Å². The molecule has 0 radical (unpaired) electrons. The molecule has 2 unspecified atom stereocenters. The zero-order valence-electron chi connectivity index (χ0n) is 17.1. The van der Waals surface area contributed by atoms with Gasteiger partial charge in [0.25, 0.3) is 5.91 Å². The lowest BCUT2D eigenvalue weighted by atomic mass is 10.1. The van der Waals surface area contributed by atoms with Crippen LogP contribution >= 0.6 is 0 Å². The number of nitrogens with one attached hydrogen (secondary N) is 1. The highest BCUT2D eigenvalue weighted by Crippen LogP contribution is 2.19. The number of rotatable bonds is 7. The molecule has 154 valence electrons. The Morgan fingerprint density at radius 1 is 1.21 bits per heavy atom. The van der Waals surface area contributed by atoms with Gasteiger partial charge in [0.05, 0.1) is 11.7 Å². The maximum absolute atomic E-state index is 12.7. The fourth-order valence-corrected chi connectivity index (χ4v) is 3.15. The molecule has 29 heavy (non-hydrogen) atoms. The van der Waals surface area contributed by atoms with E-state index in [0.717, 1.165) is 10.5 Å². The van der Waals surface area contributed by atoms with Crippen LogP contribution in [0.1, 0.15) is 44.1 Å². The predicted octanol–water partition coefficient (Wildman–Crippen LogP) is 1.54. The van der Waals surface area contributed by atoms with Crippen molar-refractivity contribution in [3.05, 3.63) is 47.8 Å². The summed E-state index contributed by atoms with van der Waals surface area (Å²) in [6, 6.07) is 8.25. The van der Waals surface area contributed by atoms with Crippen LogP contribution in [0.25, 0.3) is 0 Å². The van der Waals surface area contributed by atoms with Gasteiger partial charge in [-0.1, -0.05) is 35.5 Å². The number of hydrogen-bond acceptors (Lipinski definition) is 5. The number of aromatic nitrogens is 3. The van der Waals surface area contributed by atoms with Crippen LogP contribution in [-0.4, -0.2) is 62.3 Å². The van der Waals surface area contributed by atoms with Gasteiger partial charge in [0, 0.05) is 25.7 Å². The van der Waals surface area contributed by atoms with Crippen LogP contribution in [0, 0.1) is 0 Å². The minimum Gasteiger partial charge on any atom is -0.337 e. The van der Waals surface area contributed by atoms with E-state index in [1.807, 2.05) is 51.1 Å². The Hall–Kier alpha value is -3.23. The van der Waals surface area contributed by atoms with Crippen LogP contribution in [-0.2, 0) is 16.0 Å². The van der Waals surface area contributed by atoms with Crippen LogP contribution in [0.5, 0.6) is 0 Å². The fourth-order valence-electron chi connectivity index (χ4n) is 3.15. The molecule has 4 amide bonds. The second-order valence-electron chi connectivity index (χ2n) is 7.51. The van der Waals surface area contributed by atoms with Gasteiger partial charge in [0.2, 0.25) is 5.91 Å². The molecule has 2 atom stereocenters. The molecule has 1 aliphatic rings. The van der Waals surface area contributed by atoms with Gasteiger partial charge in [-0.15, -0.1) is 5.10 Å². The summed E-state index contributed by atoms with van der Waals surface area (Å²) in [5.74, 6) is -0.737. The normalized spacial score (nSPS) is 17.6. The molecule has 0 bridgehead atoms. The van der Waals surface area contributed by atoms with Gasteiger partial charge in [-0.25, -0.2) is 9.48 Å². The van der Waals surface area contributed by atoms with Crippen LogP contribution in [0.2, 0.25) is 0 Å². The summed E-state index contributed by atoms with van der Waals surface area (Å²) in [6.45, 7) is 5.55. The number of likely N-dealkylation sites (N-methyl/N-ethyl adjacent to an activating group) is 1. The van der Waals surface area contributed by atoms with Crippen LogP contribution in [0.4, 0.5) is 4.79 Å². The van der Waals surface area contributed by atoms with E-state index in [-0.39, 0.29) is 31.0 Å². The molecule has 9 nitrogen and oxygen atoms in total. The van der Waals surface area contributed by atoms with Gasteiger partial charge in [0.15, 0.2) is 0 Å². The van der Waals surface area contributed by atoms with Gasteiger partial charge >= 0.3 is 6.03 Å². The highest BCUT2D eigenvalue weighted by atomic mass is 16.2. The molecular weight excluding hydrogens is 372 g/mol. The largest absolute Gasteiger partial charge is 0.337 e. The van der Waals surface area contributed by atoms with E-state index < -0.39 is 18.0 Å². The van der Waals surface area contributed by atoms with E-state index in [0.29, 0.717) is 5.69 Å². The summed E-state index contributed by atoms with van der Waals surface area (Å²) in [6.07, 6.45) is 1.99. The third-order valence-corrected chi connectivity index (χ3v) is 5.16. The number of hydrogen-bond donors (Lipinski definition) is 1. The Balaban J connectivity index is 1.62. The summed E-state index contributed by atoms with van der Waals surface area (Å²) in [5.41, 5.74) is 1.59. The summed E-state index contributed by atoms with van der Waals surface area (Å²) in [7, 11) is 1.67. The molecule has 1 fully saturated rings. The molecule has 3 rings (SSSR count). The molecule has 0 spiro atoms. The van der Waals surface area contributed by atoms with Gasteiger partial charge in [0.1, 0.15) is 12.6 Å². The lowest BCUT2D eigenvalue weighted by Crippen LogP contribution is -2.42. The second kappa shape index (κ2) is 8.42. The van der Waals surface area contributed by atoms with Crippen LogP contribution < -0.4 is 5.32 Å². The molecule has 2 heterocycles. The first-order chi connectivity index (χ1) is 13.8. The zero-order valence-corrected chi connectivity index (χ0v) is 17.1. The quantitative estimate of drug-likeness (QED) is 0.713. The van der Waals surface area contributed by atoms with E-state index in [1.54, 1.807) is 17.9 Å². The average Bonchev–Trinajstić information content (AvgIpc) is 3.28. The van der Waals surface area contributed by atoms with Crippen molar-refractivity contribution in [2.45, 2.75) is 45.3 Å². The highest BCUT2D eigenvalue weighted by Gasteiger charge is 2.40. The van der Waals surface area contributed by atoms with Crippen molar-refractivity contribution in [3.63, 3.8) is 0 Å². The number of imide groups is 1. The van der Waals surface area contributed by atoms with Crippen molar-refractivity contribution >= 4 is 17.8 Å². The van der Waals surface area contributed by atoms with E-state index in [2.05, 4.69) is 15.6 Å². The van der Waals surface area contributed by atoms with Crippen LogP contribution in [0.3, 0.4) is 0 Å². The molecule has 1 aromatic heterocycles. The third-order valence-electron chi connectivity index (χ3n) is 5.16. The standard InChI is InChI=1S/C20H26N6O3/c1-13(2)26-11-16(22-23-26)10-17-19(28)25(20(29)21-17)12-18(27)24(4)14(3)15-8-6-5-7-9-15/h5-9,11,13-14,17H,10,12H2,1-4H3,(H,21,29). The third kappa shape index (κ3) is 4.44. The van der Waals surface area contributed by atoms with Crippen molar-refractivity contribution in [1.82, 2.24) is 30.1 Å². The number of amides is 4. The van der Waals surface area contributed by atoms with Crippen LogP contribution in [0.15, 0.2) is 36.5 Å². The highest BCUT2D eigenvalue weighted by molar-refractivity contribution is 6.06. The maximum Gasteiger partial charge on any atom is 0.325 e. The first-order valence-electron chi connectivity index (χ1n) is 9.61. The summed E-state index contributed by atoms with van der Waals surface area (Å²) < 4.78 is 1.69. The van der Waals surface area contributed by atoms with Crippen molar-refractivity contribution in [1.29, 1.82) is 0 Å². The Bertz CT molecular complexity index is 895. The second-order valence-corrected chi connectivity index (χ2v) is 7.51. The van der Waals surface area contributed by atoms with Crippen molar-refractivity contribution in [2.24, 2.45) is 0 Å². The molecule has 9 heteroatoms. The smallest absolute Gasteiger partial charge is 0.325 e. The van der Waals surface area contributed by atoms with E-state index in [9.17, 15) is 14.4 Å². The van der Waals surface area contributed by atoms with Gasteiger partial charge < -0.3 is 10.2 Å². The van der Waals surface area contributed by atoms with Gasteiger partial charge in [-0.3, -0.25) is 14.5 Å². The Kier molecular flexibility index (Phi) is 5.95. The molecule has 1 aliphatic heterocycles. The van der Waals surface area contributed by atoms with E-state index in [1.165, 1.54) is 4.90 Å². The number of carbonyl (C=O) groups is 3. The average molecular weight is 398 g/mol. The fraction of sp³-hybridized carbons (Fsp3) is 0.450. The Morgan fingerprint density at radius 2 is 1.90 bits per heavy atom. The first kappa shape index (κ1) is 20.5. The number of carbonyl (C=O) groups excluding carboxylic acids is 3. The zero-order chi connectivity index (χ0) is 21.1. The number of urea groups is 1. The lowest BCUT2D eigenvalue weighted by Gasteiger charge is -2.26. The minimum absolute atomic E-state index is 0.154. The van der Waals surface area contributed by atoms with Crippen molar-refractivity contribution < 1.29 is 14.4 Å². The first-order valence-corrected chi connectivity index (χ1v) is 9.61. The van der Waals surface area contributed by atoms with Crippen molar-refractivity contribution in [2.75, 3.05) is 13.6 Å². The predicted molar refractivity (Wildman–Crippen MR) is 106 cm³/mol. The molecule has 2 aromatic rings.